The van der Waals surface area contributed by atoms with Gasteiger partial charge < -0.3 is 15.0 Å². The number of hydrogen-bond donors (Lipinski definition) is 1. The van der Waals surface area contributed by atoms with Gasteiger partial charge in [0.2, 0.25) is 0 Å². The molecule has 2 rings (SSSR count). The lowest BCUT2D eigenvalue weighted by atomic mass is 10.2. The van der Waals surface area contributed by atoms with Gasteiger partial charge in [-0.1, -0.05) is 6.92 Å². The average molecular weight is 252 g/mol. The summed E-state index contributed by atoms with van der Waals surface area (Å²) in [5, 5.41) is 0. The van der Waals surface area contributed by atoms with Gasteiger partial charge in [0, 0.05) is 12.6 Å². The standard InChI is InChI=1S/C12H20N4O2/c1-3-15-6-4-5-9(15)7-16-8-14-10(11(16)13)12(17)18-2/h8-9H,3-7,13H2,1-2H3. The second kappa shape index (κ2) is 5.39. The van der Waals surface area contributed by atoms with Gasteiger partial charge in [0.25, 0.3) is 0 Å². The zero-order chi connectivity index (χ0) is 13.1. The lowest BCUT2D eigenvalue weighted by Gasteiger charge is -2.23. The average Bonchev–Trinajstić information content (AvgIpc) is 2.97. The van der Waals surface area contributed by atoms with Gasteiger partial charge in [-0.3, -0.25) is 4.90 Å². The molecule has 1 saturated heterocycles. The van der Waals surface area contributed by atoms with Crippen molar-refractivity contribution in [3.63, 3.8) is 0 Å². The summed E-state index contributed by atoms with van der Waals surface area (Å²) in [6, 6.07) is 0.483. The van der Waals surface area contributed by atoms with Gasteiger partial charge in [-0.15, -0.1) is 0 Å². The minimum Gasteiger partial charge on any atom is -0.464 e. The van der Waals surface area contributed by atoms with E-state index < -0.39 is 5.97 Å². The zero-order valence-corrected chi connectivity index (χ0v) is 10.9. The number of carbonyl (C=O) groups is 1. The van der Waals surface area contributed by atoms with Crippen LogP contribution in [0.4, 0.5) is 5.82 Å². The summed E-state index contributed by atoms with van der Waals surface area (Å²) in [5.41, 5.74) is 6.13. The Hall–Kier alpha value is -1.56. The maximum Gasteiger partial charge on any atom is 0.360 e. The van der Waals surface area contributed by atoms with Crippen molar-refractivity contribution in [2.45, 2.75) is 32.4 Å². The van der Waals surface area contributed by atoms with Crippen molar-refractivity contribution < 1.29 is 9.53 Å². The number of ether oxygens (including phenoxy) is 1. The Labute approximate surface area is 107 Å². The van der Waals surface area contributed by atoms with E-state index in [1.807, 2.05) is 4.57 Å². The molecule has 6 nitrogen and oxygen atoms in total. The third-order valence-electron chi connectivity index (χ3n) is 3.57. The Morgan fingerprint density at radius 3 is 3.11 bits per heavy atom. The number of hydrogen-bond acceptors (Lipinski definition) is 5. The smallest absolute Gasteiger partial charge is 0.360 e. The maximum atomic E-state index is 11.4. The number of imidazole rings is 1. The Morgan fingerprint density at radius 2 is 2.44 bits per heavy atom. The van der Waals surface area contributed by atoms with E-state index in [1.165, 1.54) is 20.0 Å². The first kappa shape index (κ1) is 12.9. The molecule has 0 saturated carbocycles. The summed E-state index contributed by atoms with van der Waals surface area (Å²) in [4.78, 5) is 17.9. The fraction of sp³-hybridized carbons (Fsp3) is 0.667. The Kier molecular flexibility index (Phi) is 3.86. The van der Waals surface area contributed by atoms with Crippen molar-refractivity contribution in [3.8, 4) is 0 Å². The molecular weight excluding hydrogens is 232 g/mol. The van der Waals surface area contributed by atoms with Gasteiger partial charge in [0.05, 0.1) is 13.4 Å². The molecule has 0 amide bonds. The highest BCUT2D eigenvalue weighted by Gasteiger charge is 2.25. The highest BCUT2D eigenvalue weighted by Crippen LogP contribution is 2.20. The molecule has 0 aromatic carbocycles. The van der Waals surface area contributed by atoms with E-state index in [-0.39, 0.29) is 5.69 Å². The Bertz CT molecular complexity index is 430. The van der Waals surface area contributed by atoms with Crippen LogP contribution in [0.25, 0.3) is 0 Å². The van der Waals surface area contributed by atoms with E-state index in [2.05, 4.69) is 21.5 Å². The molecule has 2 N–H and O–H groups in total. The summed E-state index contributed by atoms with van der Waals surface area (Å²) in [7, 11) is 1.33. The van der Waals surface area contributed by atoms with E-state index >= 15 is 0 Å². The summed E-state index contributed by atoms with van der Waals surface area (Å²) < 4.78 is 6.48. The minimum absolute atomic E-state index is 0.207. The van der Waals surface area contributed by atoms with Crippen LogP contribution in [-0.2, 0) is 11.3 Å². The molecular formula is C12H20N4O2. The number of methoxy groups -OCH3 is 1. The van der Waals surface area contributed by atoms with Crippen molar-refractivity contribution >= 4 is 11.8 Å². The monoisotopic (exact) mass is 252 g/mol. The van der Waals surface area contributed by atoms with Crippen LogP contribution in [0, 0.1) is 0 Å². The number of likely N-dealkylation sites (N-methyl/N-ethyl adjacent to an activating group) is 1. The van der Waals surface area contributed by atoms with Crippen LogP contribution < -0.4 is 5.73 Å². The molecule has 6 heteroatoms. The highest BCUT2D eigenvalue weighted by atomic mass is 16.5. The number of nitrogen functional groups attached to an aromatic ring is 1. The Balaban J connectivity index is 2.10. The molecule has 1 aliphatic heterocycles. The quantitative estimate of drug-likeness (QED) is 0.800. The molecule has 100 valence electrons. The number of esters is 1. The van der Waals surface area contributed by atoms with Gasteiger partial charge in [-0.05, 0) is 25.9 Å². The van der Waals surface area contributed by atoms with Crippen LogP contribution in [0.1, 0.15) is 30.3 Å². The van der Waals surface area contributed by atoms with Gasteiger partial charge in [-0.25, -0.2) is 9.78 Å². The van der Waals surface area contributed by atoms with Crippen molar-refractivity contribution in [1.82, 2.24) is 14.5 Å². The third kappa shape index (κ3) is 2.33. The molecule has 1 fully saturated rings. The number of likely N-dealkylation sites (tertiary alicyclic amines) is 1. The molecule has 1 aromatic heterocycles. The number of nitrogens with two attached hydrogens (primary N) is 1. The lowest BCUT2D eigenvalue weighted by molar-refractivity contribution is 0.0596. The number of rotatable bonds is 4. The predicted molar refractivity (Wildman–Crippen MR) is 68.2 cm³/mol. The SMILES string of the molecule is CCN1CCCC1Cn1cnc(C(=O)OC)c1N. The number of anilines is 1. The zero-order valence-electron chi connectivity index (χ0n) is 10.9. The van der Waals surface area contributed by atoms with E-state index in [0.29, 0.717) is 11.9 Å². The fourth-order valence-electron chi connectivity index (χ4n) is 2.54. The van der Waals surface area contributed by atoms with Gasteiger partial charge in [0.15, 0.2) is 5.69 Å². The van der Waals surface area contributed by atoms with Crippen LogP contribution in [0.2, 0.25) is 0 Å². The Morgan fingerprint density at radius 1 is 1.67 bits per heavy atom. The predicted octanol–water partition coefficient (Wildman–Crippen LogP) is 0.736. The van der Waals surface area contributed by atoms with E-state index in [9.17, 15) is 4.79 Å². The molecule has 0 radical (unpaired) electrons. The minimum atomic E-state index is -0.481. The first-order valence-electron chi connectivity index (χ1n) is 6.30. The molecule has 0 bridgehead atoms. The fourth-order valence-corrected chi connectivity index (χ4v) is 2.54. The third-order valence-corrected chi connectivity index (χ3v) is 3.57. The number of nitrogens with zero attached hydrogens (tertiary/aromatic N) is 3. The van der Waals surface area contributed by atoms with Crippen LogP contribution in [0.5, 0.6) is 0 Å². The molecule has 18 heavy (non-hydrogen) atoms. The summed E-state index contributed by atoms with van der Waals surface area (Å²) in [6.07, 6.45) is 4.00. The van der Waals surface area contributed by atoms with E-state index in [1.54, 1.807) is 6.33 Å². The van der Waals surface area contributed by atoms with Crippen LogP contribution in [-0.4, -0.2) is 46.7 Å². The van der Waals surface area contributed by atoms with Crippen molar-refractivity contribution in [2.75, 3.05) is 25.9 Å². The number of aromatic nitrogens is 2. The topological polar surface area (TPSA) is 73.4 Å². The van der Waals surface area contributed by atoms with Crippen molar-refractivity contribution in [3.05, 3.63) is 12.0 Å². The molecule has 1 aromatic rings. The second-order valence-electron chi connectivity index (χ2n) is 4.55. The summed E-state index contributed by atoms with van der Waals surface area (Å²) in [5.74, 6) is -0.0881. The first-order valence-corrected chi connectivity index (χ1v) is 6.30. The first-order chi connectivity index (χ1) is 8.67. The molecule has 2 heterocycles. The molecule has 0 spiro atoms. The van der Waals surface area contributed by atoms with Crippen LogP contribution in [0.15, 0.2) is 6.33 Å². The lowest BCUT2D eigenvalue weighted by Crippen LogP contribution is -2.32. The molecule has 1 atom stereocenters. The van der Waals surface area contributed by atoms with E-state index in [4.69, 9.17) is 5.73 Å². The molecule has 1 aliphatic rings. The number of carbonyl (C=O) groups excluding carboxylic acids is 1. The van der Waals surface area contributed by atoms with Gasteiger partial charge >= 0.3 is 5.97 Å². The highest BCUT2D eigenvalue weighted by molar-refractivity contribution is 5.92. The second-order valence-corrected chi connectivity index (χ2v) is 4.55. The molecule has 1 unspecified atom stereocenters. The van der Waals surface area contributed by atoms with Gasteiger partial charge in [-0.2, -0.15) is 0 Å². The van der Waals surface area contributed by atoms with Crippen molar-refractivity contribution in [1.29, 1.82) is 0 Å². The van der Waals surface area contributed by atoms with Crippen molar-refractivity contribution in [2.24, 2.45) is 0 Å². The van der Waals surface area contributed by atoms with Gasteiger partial charge in [0.1, 0.15) is 5.82 Å². The van der Waals surface area contributed by atoms with Crippen LogP contribution >= 0.6 is 0 Å². The maximum absolute atomic E-state index is 11.4. The molecule has 0 aliphatic carbocycles. The largest absolute Gasteiger partial charge is 0.464 e. The normalized spacial score (nSPS) is 20.2. The van der Waals surface area contributed by atoms with E-state index in [0.717, 1.165) is 19.6 Å². The summed E-state index contributed by atoms with van der Waals surface area (Å²) >= 11 is 0. The van der Waals surface area contributed by atoms with Crippen LogP contribution in [0.3, 0.4) is 0 Å². The summed E-state index contributed by atoms with van der Waals surface area (Å²) in [6.45, 7) is 5.13.